The summed E-state index contributed by atoms with van der Waals surface area (Å²) < 4.78 is 1.72. The van der Waals surface area contributed by atoms with Gasteiger partial charge in [-0.2, -0.15) is 5.10 Å². The van der Waals surface area contributed by atoms with Gasteiger partial charge in [0.2, 0.25) is 11.8 Å². The molecule has 4 aromatic rings. The molecule has 0 radical (unpaired) electrons. The van der Waals surface area contributed by atoms with E-state index in [0.717, 1.165) is 34.5 Å². The first-order valence-electron chi connectivity index (χ1n) is 11.9. The van der Waals surface area contributed by atoms with Gasteiger partial charge in [0.05, 0.1) is 26.6 Å². The SMILES string of the molecule is O=C(CN1C(=O)CS[C@@H](c2cccc(Cl)c2)c2c(-c3cccs3)nn(-c3ccccc3Cl)c21)NC1CC1. The monoisotopic (exact) mass is 568 g/mol. The standard InChI is InChI=1S/C27H22Cl2N4O2S2/c28-17-6-3-5-16(13-17)26-24-25(21-9-4-12-36-21)31-33(20-8-2-1-7-19(20)29)27(24)32(23(35)15-37-26)14-22(34)30-18-10-11-18/h1-9,12-13,18,26H,10-11,14-15H2,(H,30,34)/t26-/m0/s1. The highest BCUT2D eigenvalue weighted by molar-refractivity contribution is 8.00. The van der Waals surface area contributed by atoms with E-state index in [-0.39, 0.29) is 35.4 Å². The molecule has 2 aromatic heterocycles. The van der Waals surface area contributed by atoms with Crippen molar-refractivity contribution >= 4 is 63.9 Å². The van der Waals surface area contributed by atoms with Gasteiger partial charge in [0, 0.05) is 16.6 Å². The van der Waals surface area contributed by atoms with Crippen LogP contribution in [-0.2, 0) is 9.59 Å². The highest BCUT2D eigenvalue weighted by atomic mass is 35.5. The van der Waals surface area contributed by atoms with Gasteiger partial charge in [-0.25, -0.2) is 4.68 Å². The maximum atomic E-state index is 13.6. The van der Waals surface area contributed by atoms with E-state index in [1.54, 1.807) is 27.0 Å². The van der Waals surface area contributed by atoms with Crippen LogP contribution in [0.2, 0.25) is 10.0 Å². The van der Waals surface area contributed by atoms with Crippen molar-refractivity contribution in [1.82, 2.24) is 15.1 Å². The van der Waals surface area contributed by atoms with Gasteiger partial charge >= 0.3 is 0 Å². The van der Waals surface area contributed by atoms with Gasteiger partial charge in [-0.1, -0.05) is 53.5 Å². The molecule has 0 spiro atoms. The minimum atomic E-state index is -0.234. The zero-order chi connectivity index (χ0) is 25.5. The number of anilines is 1. The summed E-state index contributed by atoms with van der Waals surface area (Å²) >= 11 is 16.1. The van der Waals surface area contributed by atoms with E-state index in [9.17, 15) is 9.59 Å². The molecule has 2 aromatic carbocycles. The number of nitrogens with zero attached hydrogens (tertiary/aromatic N) is 3. The Balaban J connectivity index is 1.61. The lowest BCUT2D eigenvalue weighted by molar-refractivity contribution is -0.123. The van der Waals surface area contributed by atoms with Crippen molar-refractivity contribution < 1.29 is 9.59 Å². The highest BCUT2D eigenvalue weighted by Crippen LogP contribution is 2.49. The number of halogens is 2. The van der Waals surface area contributed by atoms with Gasteiger partial charge in [0.25, 0.3) is 0 Å². The first kappa shape index (κ1) is 24.6. The summed E-state index contributed by atoms with van der Waals surface area (Å²) in [5.41, 5.74) is 3.22. The maximum absolute atomic E-state index is 13.6. The summed E-state index contributed by atoms with van der Waals surface area (Å²) in [6, 6.07) is 19.3. The molecule has 0 unspecified atom stereocenters. The summed E-state index contributed by atoms with van der Waals surface area (Å²) in [6.45, 7) is -0.0921. The number of hydrogen-bond donors (Lipinski definition) is 1. The van der Waals surface area contributed by atoms with Crippen LogP contribution in [0.15, 0.2) is 66.0 Å². The molecule has 0 bridgehead atoms. The predicted molar refractivity (Wildman–Crippen MR) is 151 cm³/mol. The van der Waals surface area contributed by atoms with Crippen molar-refractivity contribution in [2.24, 2.45) is 0 Å². The number of thioether (sulfide) groups is 1. The minimum Gasteiger partial charge on any atom is -0.352 e. The van der Waals surface area contributed by atoms with Crippen LogP contribution in [0.25, 0.3) is 16.3 Å². The summed E-state index contributed by atoms with van der Waals surface area (Å²) in [4.78, 5) is 29.2. The van der Waals surface area contributed by atoms with E-state index >= 15 is 0 Å². The van der Waals surface area contributed by atoms with E-state index in [1.165, 1.54) is 11.8 Å². The topological polar surface area (TPSA) is 67.2 Å². The predicted octanol–water partition coefficient (Wildman–Crippen LogP) is 6.36. The van der Waals surface area contributed by atoms with Crippen molar-refractivity contribution in [3.05, 3.63) is 87.2 Å². The minimum absolute atomic E-state index is 0.0921. The smallest absolute Gasteiger partial charge is 0.240 e. The maximum Gasteiger partial charge on any atom is 0.240 e. The van der Waals surface area contributed by atoms with Crippen LogP contribution in [0, 0.1) is 0 Å². The summed E-state index contributed by atoms with van der Waals surface area (Å²) in [6.07, 6.45) is 1.94. The zero-order valence-electron chi connectivity index (χ0n) is 19.6. The Labute approximate surface area is 232 Å². The molecule has 1 aliphatic heterocycles. The second-order valence-corrected chi connectivity index (χ2v) is 11.9. The highest BCUT2D eigenvalue weighted by Gasteiger charge is 2.38. The van der Waals surface area contributed by atoms with E-state index in [1.807, 2.05) is 60.0 Å². The van der Waals surface area contributed by atoms with Crippen molar-refractivity contribution in [3.63, 3.8) is 0 Å². The fourth-order valence-corrected chi connectivity index (χ4v) is 6.81. The van der Waals surface area contributed by atoms with Crippen molar-refractivity contribution in [2.75, 3.05) is 17.2 Å². The Morgan fingerprint density at radius 1 is 1.08 bits per heavy atom. The number of carbonyl (C=O) groups is 2. The number of para-hydroxylation sites is 1. The number of aromatic nitrogens is 2. The number of nitrogens with one attached hydrogen (secondary N) is 1. The summed E-state index contributed by atoms with van der Waals surface area (Å²) in [7, 11) is 0. The molecule has 188 valence electrons. The quantitative estimate of drug-likeness (QED) is 0.294. The third-order valence-corrected chi connectivity index (χ3v) is 9.01. The van der Waals surface area contributed by atoms with Crippen LogP contribution in [-0.4, -0.2) is 39.9 Å². The van der Waals surface area contributed by atoms with Crippen LogP contribution >= 0.6 is 46.3 Å². The molecule has 1 aliphatic carbocycles. The van der Waals surface area contributed by atoms with Gasteiger partial charge in [0.15, 0.2) is 0 Å². The molecule has 1 saturated carbocycles. The van der Waals surface area contributed by atoms with Gasteiger partial charge < -0.3 is 5.32 Å². The molecule has 2 amide bonds. The van der Waals surface area contributed by atoms with E-state index in [2.05, 4.69) is 5.32 Å². The molecule has 1 N–H and O–H groups in total. The zero-order valence-corrected chi connectivity index (χ0v) is 22.7. The summed E-state index contributed by atoms with van der Waals surface area (Å²) in [5.74, 6) is 0.419. The molecular formula is C27H22Cl2N4O2S2. The van der Waals surface area contributed by atoms with E-state index in [4.69, 9.17) is 28.3 Å². The lowest BCUT2D eigenvalue weighted by atomic mass is 10.0. The molecule has 1 fully saturated rings. The van der Waals surface area contributed by atoms with Crippen molar-refractivity contribution in [2.45, 2.75) is 24.1 Å². The molecule has 1 atom stereocenters. The van der Waals surface area contributed by atoms with Crippen LogP contribution in [0.4, 0.5) is 5.82 Å². The number of amides is 2. The third-order valence-electron chi connectivity index (χ3n) is 6.32. The molecule has 3 heterocycles. The van der Waals surface area contributed by atoms with E-state index < -0.39 is 0 Å². The molecule has 10 heteroatoms. The first-order chi connectivity index (χ1) is 18.0. The largest absolute Gasteiger partial charge is 0.352 e. The number of rotatable bonds is 6. The molecule has 37 heavy (non-hydrogen) atoms. The first-order valence-corrected chi connectivity index (χ1v) is 14.6. The Bertz CT molecular complexity index is 1480. The van der Waals surface area contributed by atoms with Crippen molar-refractivity contribution in [1.29, 1.82) is 0 Å². The van der Waals surface area contributed by atoms with Crippen molar-refractivity contribution in [3.8, 4) is 16.3 Å². The Morgan fingerprint density at radius 2 is 1.92 bits per heavy atom. The third kappa shape index (κ3) is 4.91. The number of thiophene rings is 1. The van der Waals surface area contributed by atoms with Gasteiger partial charge in [-0.05, 0) is 54.1 Å². The van der Waals surface area contributed by atoms with Crippen LogP contribution in [0.5, 0.6) is 0 Å². The Kier molecular flexibility index (Phi) is 6.75. The van der Waals surface area contributed by atoms with E-state index in [0.29, 0.717) is 21.6 Å². The number of hydrogen-bond acceptors (Lipinski definition) is 5. The van der Waals surface area contributed by atoms with Crippen LogP contribution in [0.1, 0.15) is 29.2 Å². The second-order valence-electron chi connectivity index (χ2n) is 8.99. The number of carbonyl (C=O) groups excluding carboxylic acids is 2. The van der Waals surface area contributed by atoms with Crippen LogP contribution < -0.4 is 10.2 Å². The average molecular weight is 570 g/mol. The Hall–Kier alpha value is -2.78. The van der Waals surface area contributed by atoms with Gasteiger partial charge in [-0.3, -0.25) is 14.5 Å². The molecule has 6 rings (SSSR count). The van der Waals surface area contributed by atoms with Crippen LogP contribution in [0.3, 0.4) is 0 Å². The molecule has 6 nitrogen and oxygen atoms in total. The fraction of sp³-hybridized carbons (Fsp3) is 0.222. The van der Waals surface area contributed by atoms with Gasteiger partial charge in [0.1, 0.15) is 18.1 Å². The molecular weight excluding hydrogens is 547 g/mol. The Morgan fingerprint density at radius 3 is 2.65 bits per heavy atom. The number of fused-ring (bicyclic) bond motifs is 1. The normalized spacial score (nSPS) is 17.4. The molecule has 0 saturated heterocycles. The fourth-order valence-electron chi connectivity index (χ4n) is 4.48. The number of benzene rings is 2. The lowest BCUT2D eigenvalue weighted by Gasteiger charge is -2.23. The average Bonchev–Trinajstić information content (AvgIpc) is 3.41. The van der Waals surface area contributed by atoms with Gasteiger partial charge in [-0.15, -0.1) is 23.1 Å². The molecule has 2 aliphatic rings. The second kappa shape index (κ2) is 10.2. The lowest BCUT2D eigenvalue weighted by Crippen LogP contribution is -2.43. The summed E-state index contributed by atoms with van der Waals surface area (Å²) in [5, 5.41) is 10.9.